The molecule has 1 aromatic carbocycles. The number of hydrogen-bond donors (Lipinski definition) is 0. The van der Waals surface area contributed by atoms with Crippen LogP contribution in [0.15, 0.2) is 46.9 Å². The molecule has 23 heavy (non-hydrogen) atoms. The van der Waals surface area contributed by atoms with Crippen LogP contribution in [0, 0.1) is 6.92 Å². The average molecular weight is 327 g/mol. The number of thiophene rings is 1. The second-order valence-corrected chi connectivity index (χ2v) is 6.26. The van der Waals surface area contributed by atoms with Gasteiger partial charge >= 0.3 is 5.97 Å². The van der Waals surface area contributed by atoms with Gasteiger partial charge in [0.15, 0.2) is 17.3 Å². The van der Waals surface area contributed by atoms with E-state index >= 15 is 0 Å². The molecule has 0 unspecified atom stereocenters. The van der Waals surface area contributed by atoms with Crippen LogP contribution in [0.1, 0.15) is 33.7 Å². The highest BCUT2D eigenvalue weighted by Gasteiger charge is 2.22. The van der Waals surface area contributed by atoms with E-state index in [1.807, 2.05) is 42.5 Å². The zero-order valence-electron chi connectivity index (χ0n) is 13.0. The molecule has 3 rings (SSSR count). The molecule has 0 radical (unpaired) electrons. The summed E-state index contributed by atoms with van der Waals surface area (Å²) in [7, 11) is 0. The minimum absolute atomic E-state index is 0.218. The molecule has 2 heterocycles. The molecule has 0 N–H and O–H groups in total. The zero-order chi connectivity index (χ0) is 16.2. The summed E-state index contributed by atoms with van der Waals surface area (Å²) < 4.78 is 11.0. The fourth-order valence-electron chi connectivity index (χ4n) is 2.21. The van der Waals surface area contributed by atoms with Crippen LogP contribution in [-0.2, 0) is 17.8 Å². The molecule has 0 bridgehead atoms. The summed E-state index contributed by atoms with van der Waals surface area (Å²) in [6, 6.07) is 13.6. The van der Waals surface area contributed by atoms with E-state index in [-0.39, 0.29) is 12.3 Å². The number of nitrogens with zero attached hydrogens (tertiary/aromatic N) is 1. The number of hydrogen-bond acceptors (Lipinski definition) is 5. The number of rotatable bonds is 5. The molecule has 0 aliphatic rings. The summed E-state index contributed by atoms with van der Waals surface area (Å²) in [5.41, 5.74) is 1.18. The third-order valence-electron chi connectivity index (χ3n) is 3.37. The third kappa shape index (κ3) is 3.51. The molecule has 5 heteroatoms. The molecule has 4 nitrogen and oxygen atoms in total. The zero-order valence-corrected chi connectivity index (χ0v) is 13.9. The van der Waals surface area contributed by atoms with Crippen molar-refractivity contribution in [2.24, 2.45) is 0 Å². The van der Waals surface area contributed by atoms with Gasteiger partial charge in [-0.2, -0.15) is 0 Å². The van der Waals surface area contributed by atoms with Crippen LogP contribution < -0.4 is 0 Å². The standard InChI is InChI=1S/C18H17NO3S/c1-3-14-9-10-15(23-14)17-16(19-12(2)22-17)18(20)21-11-13-7-5-4-6-8-13/h4-10H,3,11H2,1-2H3. The first-order valence-corrected chi connectivity index (χ1v) is 8.26. The maximum absolute atomic E-state index is 12.4. The molecule has 3 aromatic rings. The van der Waals surface area contributed by atoms with Crippen molar-refractivity contribution in [2.45, 2.75) is 26.9 Å². The van der Waals surface area contributed by atoms with Crippen molar-refractivity contribution >= 4 is 17.3 Å². The topological polar surface area (TPSA) is 52.3 Å². The van der Waals surface area contributed by atoms with E-state index in [1.165, 1.54) is 4.88 Å². The lowest BCUT2D eigenvalue weighted by Crippen LogP contribution is -2.07. The summed E-state index contributed by atoms with van der Waals surface area (Å²) in [4.78, 5) is 18.7. The number of ether oxygens (including phenoxy) is 1. The van der Waals surface area contributed by atoms with Crippen LogP contribution in [0.25, 0.3) is 10.6 Å². The Morgan fingerprint density at radius 3 is 2.70 bits per heavy atom. The highest BCUT2D eigenvalue weighted by atomic mass is 32.1. The average Bonchev–Trinajstić information content (AvgIpc) is 3.19. The molecule has 0 saturated carbocycles. The Balaban J connectivity index is 1.80. The summed E-state index contributed by atoms with van der Waals surface area (Å²) in [5.74, 6) is 0.482. The van der Waals surface area contributed by atoms with E-state index in [9.17, 15) is 4.79 Å². The third-order valence-corrected chi connectivity index (χ3v) is 4.60. The fraction of sp³-hybridized carbons (Fsp3) is 0.222. The molecule has 0 saturated heterocycles. The molecule has 0 fully saturated rings. The number of aromatic nitrogens is 1. The largest absolute Gasteiger partial charge is 0.456 e. The smallest absolute Gasteiger partial charge is 0.361 e. The maximum atomic E-state index is 12.4. The first kappa shape index (κ1) is 15.5. The Hall–Kier alpha value is -2.40. The molecule has 118 valence electrons. The molecule has 0 atom stereocenters. The summed E-state index contributed by atoms with van der Waals surface area (Å²) in [6.45, 7) is 4.04. The molecule has 0 aliphatic carbocycles. The van der Waals surface area contributed by atoms with Gasteiger partial charge in [0, 0.05) is 11.8 Å². The first-order valence-electron chi connectivity index (χ1n) is 7.45. The van der Waals surface area contributed by atoms with E-state index in [0.717, 1.165) is 16.9 Å². The van der Waals surface area contributed by atoms with E-state index in [1.54, 1.807) is 18.3 Å². The molecule has 0 spiro atoms. The highest BCUT2D eigenvalue weighted by Crippen LogP contribution is 2.32. The number of carbonyl (C=O) groups excluding carboxylic acids is 1. The van der Waals surface area contributed by atoms with E-state index in [0.29, 0.717) is 11.7 Å². The van der Waals surface area contributed by atoms with Crippen molar-refractivity contribution in [2.75, 3.05) is 0 Å². The molecular weight excluding hydrogens is 310 g/mol. The van der Waals surface area contributed by atoms with Crippen LogP contribution in [-0.4, -0.2) is 11.0 Å². The Bertz CT molecular complexity index is 805. The van der Waals surface area contributed by atoms with Crippen molar-refractivity contribution in [1.82, 2.24) is 4.98 Å². The van der Waals surface area contributed by atoms with Gasteiger partial charge in [0.1, 0.15) is 6.61 Å². The van der Waals surface area contributed by atoms with E-state index in [2.05, 4.69) is 11.9 Å². The quantitative estimate of drug-likeness (QED) is 0.641. The lowest BCUT2D eigenvalue weighted by Gasteiger charge is -2.03. The molecule has 0 aliphatic heterocycles. The van der Waals surface area contributed by atoms with Gasteiger partial charge in [0.05, 0.1) is 4.88 Å². The van der Waals surface area contributed by atoms with Crippen molar-refractivity contribution in [1.29, 1.82) is 0 Å². The highest BCUT2D eigenvalue weighted by molar-refractivity contribution is 7.15. The number of esters is 1. The van der Waals surface area contributed by atoms with Crippen molar-refractivity contribution in [3.63, 3.8) is 0 Å². The van der Waals surface area contributed by atoms with Gasteiger partial charge in [-0.05, 0) is 24.1 Å². The van der Waals surface area contributed by atoms with Gasteiger partial charge in [0.25, 0.3) is 0 Å². The molecular formula is C18H17NO3S. The minimum Gasteiger partial charge on any atom is -0.456 e. The number of oxazole rings is 1. The van der Waals surface area contributed by atoms with Gasteiger partial charge in [-0.15, -0.1) is 11.3 Å². The van der Waals surface area contributed by atoms with Crippen LogP contribution >= 0.6 is 11.3 Å². The number of carbonyl (C=O) groups is 1. The van der Waals surface area contributed by atoms with Crippen molar-refractivity contribution in [3.05, 3.63) is 64.5 Å². The van der Waals surface area contributed by atoms with Crippen molar-refractivity contribution < 1.29 is 13.9 Å². The normalized spacial score (nSPS) is 10.7. The minimum atomic E-state index is -0.466. The number of benzene rings is 1. The van der Waals surface area contributed by atoms with Crippen LogP contribution in [0.3, 0.4) is 0 Å². The van der Waals surface area contributed by atoms with Gasteiger partial charge < -0.3 is 9.15 Å². The van der Waals surface area contributed by atoms with E-state index in [4.69, 9.17) is 9.15 Å². The molecule has 2 aromatic heterocycles. The maximum Gasteiger partial charge on any atom is 0.361 e. The lowest BCUT2D eigenvalue weighted by atomic mass is 10.2. The number of aryl methyl sites for hydroxylation is 2. The van der Waals surface area contributed by atoms with Gasteiger partial charge in [0.2, 0.25) is 0 Å². The second-order valence-electron chi connectivity index (χ2n) is 5.09. The first-order chi connectivity index (χ1) is 11.2. The summed E-state index contributed by atoms with van der Waals surface area (Å²) >= 11 is 1.60. The van der Waals surface area contributed by atoms with Crippen molar-refractivity contribution in [3.8, 4) is 10.6 Å². The fourth-order valence-corrected chi connectivity index (χ4v) is 3.14. The molecule has 0 amide bonds. The van der Waals surface area contributed by atoms with Crippen LogP contribution in [0.4, 0.5) is 0 Å². The predicted octanol–water partition coefficient (Wildman–Crippen LogP) is 4.63. The van der Waals surface area contributed by atoms with E-state index < -0.39 is 5.97 Å². The van der Waals surface area contributed by atoms with Crippen LogP contribution in [0.5, 0.6) is 0 Å². The van der Waals surface area contributed by atoms with Gasteiger partial charge in [-0.25, -0.2) is 9.78 Å². The van der Waals surface area contributed by atoms with Crippen LogP contribution in [0.2, 0.25) is 0 Å². The Labute approximate surface area is 138 Å². The predicted molar refractivity (Wildman–Crippen MR) is 89.5 cm³/mol. The SMILES string of the molecule is CCc1ccc(-c2oc(C)nc2C(=O)OCc2ccccc2)s1. The Morgan fingerprint density at radius 1 is 1.22 bits per heavy atom. The second kappa shape index (κ2) is 6.79. The van der Waals surface area contributed by atoms with Gasteiger partial charge in [-0.1, -0.05) is 37.3 Å². The summed E-state index contributed by atoms with van der Waals surface area (Å²) in [5, 5.41) is 0. The Morgan fingerprint density at radius 2 is 2.00 bits per heavy atom. The van der Waals surface area contributed by atoms with Gasteiger partial charge in [-0.3, -0.25) is 0 Å². The Kier molecular flexibility index (Phi) is 4.57. The summed E-state index contributed by atoms with van der Waals surface area (Å²) in [6.07, 6.45) is 0.950. The monoisotopic (exact) mass is 327 g/mol. The lowest BCUT2D eigenvalue weighted by molar-refractivity contribution is 0.0467.